The molecule has 0 radical (unpaired) electrons. The number of anilines is 2. The molecular weight excluding hydrogens is 378 g/mol. The van der Waals surface area contributed by atoms with Crippen LogP contribution >= 0.6 is 0 Å². The number of nitrogens with one attached hydrogen (secondary N) is 1. The zero-order valence-electron chi connectivity index (χ0n) is 17.2. The Morgan fingerprint density at radius 1 is 1.10 bits per heavy atom. The molecule has 0 atom stereocenters. The van der Waals surface area contributed by atoms with Crippen LogP contribution in [0.25, 0.3) is 22.4 Å². The Bertz CT molecular complexity index is 1210. The highest BCUT2D eigenvalue weighted by atomic mass is 15.3. The number of nitriles is 1. The van der Waals surface area contributed by atoms with Gasteiger partial charge in [-0.1, -0.05) is 19.3 Å². The molecule has 1 saturated carbocycles. The van der Waals surface area contributed by atoms with Gasteiger partial charge in [0.05, 0.1) is 23.4 Å². The number of rotatable bonds is 2. The zero-order valence-corrected chi connectivity index (χ0v) is 17.2. The summed E-state index contributed by atoms with van der Waals surface area (Å²) in [6.07, 6.45) is 11.5. The van der Waals surface area contributed by atoms with E-state index in [0.29, 0.717) is 11.8 Å². The minimum absolute atomic E-state index is 0.0260. The predicted octanol–water partition coefficient (Wildman–Crippen LogP) is 3.54. The number of fused-ring (bicyclic) bond motifs is 2. The van der Waals surface area contributed by atoms with Crippen LogP contribution in [0.15, 0.2) is 36.8 Å². The number of hydrogen-bond donors (Lipinski definition) is 2. The first-order valence-corrected chi connectivity index (χ1v) is 10.1. The van der Waals surface area contributed by atoms with Gasteiger partial charge in [0.15, 0.2) is 11.5 Å². The fraction of sp³-hybridized carbons (Fsp3) is 0.381. The van der Waals surface area contributed by atoms with Gasteiger partial charge in [-0.15, -0.1) is 5.10 Å². The molecule has 4 heterocycles. The topological polar surface area (TPSA) is 122 Å². The maximum Gasteiger partial charge on any atom is 0.242 e. The number of nitrogens with two attached hydrogens (primary N) is 1. The van der Waals surface area contributed by atoms with Gasteiger partial charge in [0, 0.05) is 31.1 Å². The van der Waals surface area contributed by atoms with Gasteiger partial charge in [-0.3, -0.25) is 0 Å². The first kappa shape index (κ1) is 19.6. The monoisotopic (exact) mass is 403 g/mol. The highest BCUT2D eigenvalue weighted by molar-refractivity contribution is 5.86. The molecule has 0 spiro atoms. The molecule has 4 aromatic heterocycles. The lowest BCUT2D eigenvalue weighted by Crippen LogP contribution is -2.16. The van der Waals surface area contributed by atoms with Crippen LogP contribution in [0.1, 0.15) is 39.0 Å². The van der Waals surface area contributed by atoms with E-state index in [1.165, 1.54) is 19.3 Å². The second kappa shape index (κ2) is 7.99. The molecule has 4 aromatic rings. The van der Waals surface area contributed by atoms with Crippen LogP contribution < -0.4 is 11.1 Å². The van der Waals surface area contributed by atoms with E-state index in [-0.39, 0.29) is 5.41 Å². The molecular formula is C21H25N9. The van der Waals surface area contributed by atoms with Crippen molar-refractivity contribution >= 4 is 22.9 Å². The molecule has 0 bridgehead atoms. The van der Waals surface area contributed by atoms with Gasteiger partial charge in [0.2, 0.25) is 5.95 Å². The number of nitrogens with zero attached hydrogens (tertiary/aromatic N) is 7. The lowest BCUT2D eigenvalue weighted by molar-refractivity contribution is 0.296. The van der Waals surface area contributed by atoms with Crippen molar-refractivity contribution in [3.63, 3.8) is 0 Å². The minimum atomic E-state index is 0.0260. The Kier molecular flexibility index (Phi) is 5.23. The summed E-state index contributed by atoms with van der Waals surface area (Å²) < 4.78 is 3.41. The van der Waals surface area contributed by atoms with E-state index in [2.05, 4.69) is 38.5 Å². The van der Waals surface area contributed by atoms with E-state index < -0.39 is 0 Å². The molecule has 0 unspecified atom stereocenters. The van der Waals surface area contributed by atoms with Gasteiger partial charge in [-0.25, -0.2) is 14.0 Å². The van der Waals surface area contributed by atoms with E-state index in [0.717, 1.165) is 35.3 Å². The Labute approximate surface area is 174 Å². The summed E-state index contributed by atoms with van der Waals surface area (Å²) in [6.45, 7) is 2.08. The fourth-order valence-corrected chi connectivity index (χ4v) is 3.77. The SMILES string of the molecule is CC1(C#N)CCCCC1.CNc1nc(N)c2c(-c3ccn4nccc4n3)ccn2n1. The van der Waals surface area contributed by atoms with Crippen molar-refractivity contribution in [1.82, 2.24) is 29.2 Å². The van der Waals surface area contributed by atoms with Gasteiger partial charge in [-0.2, -0.15) is 15.3 Å². The van der Waals surface area contributed by atoms with Gasteiger partial charge >= 0.3 is 0 Å². The fourth-order valence-electron chi connectivity index (χ4n) is 3.77. The third-order valence-electron chi connectivity index (χ3n) is 5.52. The third-order valence-corrected chi connectivity index (χ3v) is 5.52. The van der Waals surface area contributed by atoms with E-state index in [1.807, 2.05) is 30.6 Å². The molecule has 5 rings (SSSR count). The second-order valence-corrected chi connectivity index (χ2v) is 7.77. The number of nitrogen functional groups attached to an aromatic ring is 1. The van der Waals surface area contributed by atoms with Crippen LogP contribution in [0, 0.1) is 16.7 Å². The van der Waals surface area contributed by atoms with Crippen molar-refractivity contribution in [2.45, 2.75) is 39.0 Å². The molecule has 30 heavy (non-hydrogen) atoms. The van der Waals surface area contributed by atoms with Gasteiger partial charge in [0.1, 0.15) is 5.52 Å². The van der Waals surface area contributed by atoms with Crippen LogP contribution in [-0.2, 0) is 0 Å². The van der Waals surface area contributed by atoms with Crippen molar-refractivity contribution in [2.24, 2.45) is 5.41 Å². The maximum absolute atomic E-state index is 8.70. The zero-order chi connectivity index (χ0) is 21.1. The Hall–Kier alpha value is -3.67. The van der Waals surface area contributed by atoms with Crippen LogP contribution in [0.4, 0.5) is 11.8 Å². The molecule has 9 nitrogen and oxygen atoms in total. The van der Waals surface area contributed by atoms with Crippen molar-refractivity contribution in [3.8, 4) is 17.3 Å². The van der Waals surface area contributed by atoms with Crippen molar-refractivity contribution in [1.29, 1.82) is 5.26 Å². The van der Waals surface area contributed by atoms with Crippen LogP contribution in [-0.4, -0.2) is 36.2 Å². The van der Waals surface area contributed by atoms with Gasteiger partial charge in [0.25, 0.3) is 0 Å². The molecule has 0 aliphatic heterocycles. The average molecular weight is 403 g/mol. The van der Waals surface area contributed by atoms with Crippen LogP contribution in [0.3, 0.4) is 0 Å². The molecule has 0 aromatic carbocycles. The van der Waals surface area contributed by atoms with Crippen molar-refractivity contribution in [2.75, 3.05) is 18.1 Å². The first-order valence-electron chi connectivity index (χ1n) is 10.1. The van der Waals surface area contributed by atoms with E-state index in [1.54, 1.807) is 22.3 Å². The van der Waals surface area contributed by atoms with Gasteiger partial charge in [-0.05, 0) is 31.9 Å². The standard InChI is InChI=1S/C13H12N8.C8H13N/c1-15-13-18-12(14)11-8(3-6-21(11)19-13)9-4-7-20-10(17-9)2-5-16-20;1-8(7-9)5-3-2-4-6-8/h2-7H,1H3,(H3,14,15,18,19);2-6H2,1H3. The smallest absolute Gasteiger partial charge is 0.242 e. The van der Waals surface area contributed by atoms with E-state index in [9.17, 15) is 0 Å². The molecule has 1 aliphatic carbocycles. The lowest BCUT2D eigenvalue weighted by Gasteiger charge is -2.25. The number of hydrogen-bond acceptors (Lipinski definition) is 7. The molecule has 0 saturated heterocycles. The third kappa shape index (κ3) is 3.76. The largest absolute Gasteiger partial charge is 0.382 e. The van der Waals surface area contributed by atoms with Crippen molar-refractivity contribution in [3.05, 3.63) is 36.8 Å². The van der Waals surface area contributed by atoms with E-state index in [4.69, 9.17) is 11.0 Å². The molecule has 1 aliphatic rings. The van der Waals surface area contributed by atoms with E-state index >= 15 is 0 Å². The Balaban J connectivity index is 0.000000204. The highest BCUT2D eigenvalue weighted by Gasteiger charge is 2.25. The Morgan fingerprint density at radius 3 is 2.57 bits per heavy atom. The molecule has 154 valence electrons. The summed E-state index contributed by atoms with van der Waals surface area (Å²) in [6, 6.07) is 8.04. The average Bonchev–Trinajstić information content (AvgIpc) is 3.41. The summed E-state index contributed by atoms with van der Waals surface area (Å²) in [4.78, 5) is 8.79. The highest BCUT2D eigenvalue weighted by Crippen LogP contribution is 2.34. The van der Waals surface area contributed by atoms with Crippen LogP contribution in [0.2, 0.25) is 0 Å². The molecule has 9 heteroatoms. The first-order chi connectivity index (χ1) is 14.5. The maximum atomic E-state index is 8.70. The predicted molar refractivity (Wildman–Crippen MR) is 116 cm³/mol. The quantitative estimate of drug-likeness (QED) is 0.525. The lowest BCUT2D eigenvalue weighted by atomic mass is 9.77. The summed E-state index contributed by atoms with van der Waals surface area (Å²) >= 11 is 0. The van der Waals surface area contributed by atoms with Gasteiger partial charge < -0.3 is 11.1 Å². The Morgan fingerprint density at radius 2 is 1.87 bits per heavy atom. The summed E-state index contributed by atoms with van der Waals surface area (Å²) in [5.41, 5.74) is 9.29. The second-order valence-electron chi connectivity index (χ2n) is 7.77. The van der Waals surface area contributed by atoms with Crippen LogP contribution in [0.5, 0.6) is 0 Å². The summed E-state index contributed by atoms with van der Waals surface area (Å²) in [7, 11) is 1.75. The normalized spacial score (nSPS) is 15.4. The summed E-state index contributed by atoms with van der Waals surface area (Å²) in [5.74, 6) is 0.880. The molecule has 0 amide bonds. The summed E-state index contributed by atoms with van der Waals surface area (Å²) in [5, 5.41) is 20.0. The van der Waals surface area contributed by atoms with Crippen molar-refractivity contribution < 1.29 is 0 Å². The molecule has 3 N–H and O–H groups in total. The molecule has 1 fully saturated rings. The number of aromatic nitrogens is 6. The minimum Gasteiger partial charge on any atom is -0.382 e.